The minimum atomic E-state index is -0.116. The van der Waals surface area contributed by atoms with E-state index in [4.69, 9.17) is 4.74 Å². The second-order valence-electron chi connectivity index (χ2n) is 6.34. The number of carbonyl (C=O) groups is 2. The lowest BCUT2D eigenvalue weighted by molar-refractivity contribution is -0.149. The van der Waals surface area contributed by atoms with E-state index in [9.17, 15) is 9.59 Å². The standard InChI is InChI=1S/C17H30N4O3/c1-3-18-17(20-10-9-19-15(22)13-7-8-13)21-11-5-6-14(12-21)16(23)24-4-2/h13-14H,3-12H2,1-2H3,(H,18,20)(H,19,22). The quantitative estimate of drug-likeness (QED) is 0.310. The predicted octanol–water partition coefficient (Wildman–Crippen LogP) is 0.753. The maximum atomic E-state index is 12.0. The zero-order chi connectivity index (χ0) is 17.4. The maximum Gasteiger partial charge on any atom is 0.310 e. The number of esters is 1. The van der Waals surface area contributed by atoms with Crippen molar-refractivity contribution in [2.75, 3.05) is 39.3 Å². The Morgan fingerprint density at radius 2 is 1.96 bits per heavy atom. The van der Waals surface area contributed by atoms with E-state index in [-0.39, 0.29) is 23.7 Å². The molecule has 0 spiro atoms. The minimum Gasteiger partial charge on any atom is -0.466 e. The summed E-state index contributed by atoms with van der Waals surface area (Å²) in [4.78, 5) is 30.3. The number of hydrogen-bond donors (Lipinski definition) is 2. The monoisotopic (exact) mass is 338 g/mol. The van der Waals surface area contributed by atoms with Gasteiger partial charge >= 0.3 is 5.97 Å². The van der Waals surface area contributed by atoms with E-state index < -0.39 is 0 Å². The number of hydrogen-bond acceptors (Lipinski definition) is 4. The van der Waals surface area contributed by atoms with Crippen LogP contribution in [0.3, 0.4) is 0 Å². The molecule has 2 N–H and O–H groups in total. The Bertz CT molecular complexity index is 463. The van der Waals surface area contributed by atoms with Gasteiger partial charge in [-0.15, -0.1) is 0 Å². The summed E-state index contributed by atoms with van der Waals surface area (Å²) in [6, 6.07) is 0. The van der Waals surface area contributed by atoms with Crippen LogP contribution in [0.4, 0.5) is 0 Å². The van der Waals surface area contributed by atoms with Crippen molar-refractivity contribution in [3.63, 3.8) is 0 Å². The van der Waals surface area contributed by atoms with Crippen molar-refractivity contribution in [2.45, 2.75) is 39.5 Å². The molecular formula is C17H30N4O3. The number of guanidine groups is 1. The van der Waals surface area contributed by atoms with E-state index in [2.05, 4.69) is 20.5 Å². The van der Waals surface area contributed by atoms with Crippen LogP contribution >= 0.6 is 0 Å². The fourth-order valence-electron chi connectivity index (χ4n) is 2.88. The number of nitrogens with one attached hydrogen (secondary N) is 2. The van der Waals surface area contributed by atoms with Crippen molar-refractivity contribution in [1.29, 1.82) is 0 Å². The van der Waals surface area contributed by atoms with Gasteiger partial charge in [-0.25, -0.2) is 0 Å². The summed E-state index contributed by atoms with van der Waals surface area (Å²) in [6.45, 7) is 7.67. The number of aliphatic imine (C=N–C) groups is 1. The average Bonchev–Trinajstić information content (AvgIpc) is 3.43. The normalized spacial score (nSPS) is 21.3. The highest BCUT2D eigenvalue weighted by Gasteiger charge is 2.29. The third-order valence-electron chi connectivity index (χ3n) is 4.30. The Morgan fingerprint density at radius 1 is 1.17 bits per heavy atom. The summed E-state index contributed by atoms with van der Waals surface area (Å²) in [6.07, 6.45) is 3.85. The molecule has 1 amide bonds. The number of nitrogens with zero attached hydrogens (tertiary/aromatic N) is 2. The molecule has 1 aliphatic carbocycles. The van der Waals surface area contributed by atoms with Gasteiger partial charge in [0, 0.05) is 32.1 Å². The molecule has 0 aromatic heterocycles. The van der Waals surface area contributed by atoms with Crippen LogP contribution < -0.4 is 10.6 Å². The molecule has 0 bridgehead atoms. The highest BCUT2D eigenvalue weighted by molar-refractivity contribution is 5.82. The molecule has 1 heterocycles. The molecule has 1 unspecified atom stereocenters. The lowest BCUT2D eigenvalue weighted by atomic mass is 9.98. The highest BCUT2D eigenvalue weighted by Crippen LogP contribution is 2.28. The SMILES string of the molecule is CCNC(=NCCNC(=O)C1CC1)N1CCCC(C(=O)OCC)C1. The Hall–Kier alpha value is -1.79. The molecule has 1 saturated carbocycles. The van der Waals surface area contributed by atoms with E-state index in [1.807, 2.05) is 13.8 Å². The number of amides is 1. The summed E-state index contributed by atoms with van der Waals surface area (Å²) < 4.78 is 5.15. The van der Waals surface area contributed by atoms with E-state index in [1.165, 1.54) is 0 Å². The van der Waals surface area contributed by atoms with Gasteiger partial charge in [0.15, 0.2) is 5.96 Å². The molecule has 7 heteroatoms. The van der Waals surface area contributed by atoms with Crippen molar-refractivity contribution in [3.05, 3.63) is 0 Å². The van der Waals surface area contributed by atoms with Crippen LogP contribution in [0.5, 0.6) is 0 Å². The van der Waals surface area contributed by atoms with E-state index in [0.717, 1.165) is 44.7 Å². The molecule has 2 rings (SSSR count). The second kappa shape index (κ2) is 9.49. The van der Waals surface area contributed by atoms with Gasteiger partial charge in [0.2, 0.25) is 5.91 Å². The van der Waals surface area contributed by atoms with E-state index >= 15 is 0 Å². The van der Waals surface area contributed by atoms with Crippen LogP contribution in [-0.2, 0) is 14.3 Å². The first kappa shape index (κ1) is 18.5. The molecule has 1 atom stereocenters. The molecule has 0 radical (unpaired) electrons. The number of likely N-dealkylation sites (tertiary alicyclic amines) is 1. The largest absolute Gasteiger partial charge is 0.466 e. The Labute approximate surface area is 144 Å². The van der Waals surface area contributed by atoms with Gasteiger partial charge in [-0.05, 0) is 39.5 Å². The first-order valence-electron chi connectivity index (χ1n) is 9.13. The van der Waals surface area contributed by atoms with Gasteiger partial charge < -0.3 is 20.3 Å². The topological polar surface area (TPSA) is 83.0 Å². The summed E-state index contributed by atoms with van der Waals surface area (Å²) in [5.41, 5.74) is 0. The highest BCUT2D eigenvalue weighted by atomic mass is 16.5. The summed E-state index contributed by atoms with van der Waals surface area (Å²) in [5, 5.41) is 6.20. The Balaban J connectivity index is 1.83. The second-order valence-corrected chi connectivity index (χ2v) is 6.34. The van der Waals surface area contributed by atoms with Crippen molar-refractivity contribution < 1.29 is 14.3 Å². The molecule has 7 nitrogen and oxygen atoms in total. The van der Waals surface area contributed by atoms with Crippen LogP contribution in [0, 0.1) is 11.8 Å². The maximum absolute atomic E-state index is 12.0. The molecular weight excluding hydrogens is 308 g/mol. The van der Waals surface area contributed by atoms with Crippen molar-refractivity contribution in [2.24, 2.45) is 16.8 Å². The van der Waals surface area contributed by atoms with Crippen LogP contribution in [0.25, 0.3) is 0 Å². The molecule has 24 heavy (non-hydrogen) atoms. The van der Waals surface area contributed by atoms with E-state index in [1.54, 1.807) is 0 Å². The zero-order valence-corrected chi connectivity index (χ0v) is 14.8. The van der Waals surface area contributed by atoms with Crippen LogP contribution in [0.15, 0.2) is 4.99 Å². The number of rotatable bonds is 7. The molecule has 0 aromatic rings. The van der Waals surface area contributed by atoms with Gasteiger partial charge in [0.25, 0.3) is 0 Å². The van der Waals surface area contributed by atoms with Gasteiger partial charge in [-0.2, -0.15) is 0 Å². The minimum absolute atomic E-state index is 0.0860. The number of ether oxygens (including phenoxy) is 1. The molecule has 0 aromatic carbocycles. The molecule has 136 valence electrons. The fourth-order valence-corrected chi connectivity index (χ4v) is 2.88. The predicted molar refractivity (Wildman–Crippen MR) is 92.6 cm³/mol. The molecule has 1 saturated heterocycles. The lowest BCUT2D eigenvalue weighted by Gasteiger charge is -2.34. The summed E-state index contributed by atoms with van der Waals surface area (Å²) in [7, 11) is 0. The molecule has 2 aliphatic rings. The van der Waals surface area contributed by atoms with Gasteiger partial charge in [0.1, 0.15) is 0 Å². The van der Waals surface area contributed by atoms with Crippen molar-refractivity contribution >= 4 is 17.8 Å². The van der Waals surface area contributed by atoms with Crippen molar-refractivity contribution in [3.8, 4) is 0 Å². The Kier molecular flexibility index (Phi) is 7.34. The number of carbonyl (C=O) groups excluding carboxylic acids is 2. The van der Waals surface area contributed by atoms with Gasteiger partial charge in [-0.1, -0.05) is 0 Å². The summed E-state index contributed by atoms with van der Waals surface area (Å²) in [5.74, 6) is 0.990. The first-order chi connectivity index (χ1) is 11.7. The Morgan fingerprint density at radius 3 is 2.62 bits per heavy atom. The molecule has 2 fully saturated rings. The third-order valence-corrected chi connectivity index (χ3v) is 4.30. The van der Waals surface area contributed by atoms with Crippen molar-refractivity contribution in [1.82, 2.24) is 15.5 Å². The van der Waals surface area contributed by atoms with E-state index in [0.29, 0.717) is 26.2 Å². The average molecular weight is 338 g/mol. The van der Waals surface area contributed by atoms with Gasteiger partial charge in [0.05, 0.1) is 19.1 Å². The van der Waals surface area contributed by atoms with Gasteiger partial charge in [-0.3, -0.25) is 14.6 Å². The van der Waals surface area contributed by atoms with Crippen LogP contribution in [0.2, 0.25) is 0 Å². The zero-order valence-electron chi connectivity index (χ0n) is 14.8. The van der Waals surface area contributed by atoms with Crippen LogP contribution in [-0.4, -0.2) is 62.1 Å². The first-order valence-corrected chi connectivity index (χ1v) is 9.13. The lowest BCUT2D eigenvalue weighted by Crippen LogP contribution is -2.48. The fraction of sp³-hybridized carbons (Fsp3) is 0.824. The van der Waals surface area contributed by atoms with Crippen LogP contribution in [0.1, 0.15) is 39.5 Å². The summed E-state index contributed by atoms with van der Waals surface area (Å²) >= 11 is 0. The third kappa shape index (κ3) is 5.69. The number of piperidine rings is 1. The smallest absolute Gasteiger partial charge is 0.310 e. The molecule has 1 aliphatic heterocycles.